The van der Waals surface area contributed by atoms with Crippen molar-refractivity contribution in [1.29, 1.82) is 0 Å². The molecular formula is C16H27NO3. The molecule has 1 N–H and O–H groups in total. The van der Waals surface area contributed by atoms with E-state index in [-0.39, 0.29) is 6.04 Å². The van der Waals surface area contributed by atoms with Gasteiger partial charge in [-0.25, -0.2) is 0 Å². The van der Waals surface area contributed by atoms with Gasteiger partial charge in [0.15, 0.2) is 0 Å². The Morgan fingerprint density at radius 3 is 2.45 bits per heavy atom. The maximum atomic E-state index is 5.71. The van der Waals surface area contributed by atoms with Crippen LogP contribution in [0, 0.1) is 0 Å². The van der Waals surface area contributed by atoms with Crippen molar-refractivity contribution >= 4 is 0 Å². The van der Waals surface area contributed by atoms with Crippen LogP contribution in [-0.2, 0) is 9.47 Å². The minimum Gasteiger partial charge on any atom is -0.494 e. The van der Waals surface area contributed by atoms with Crippen LogP contribution < -0.4 is 10.1 Å². The van der Waals surface area contributed by atoms with E-state index in [2.05, 4.69) is 24.4 Å². The van der Waals surface area contributed by atoms with E-state index in [0.29, 0.717) is 13.2 Å². The van der Waals surface area contributed by atoms with Crippen LogP contribution in [0.25, 0.3) is 0 Å². The van der Waals surface area contributed by atoms with Crippen LogP contribution in [0.2, 0.25) is 0 Å². The molecule has 0 saturated carbocycles. The second-order valence-corrected chi connectivity index (χ2v) is 4.53. The van der Waals surface area contributed by atoms with Crippen LogP contribution in [0.4, 0.5) is 0 Å². The summed E-state index contributed by atoms with van der Waals surface area (Å²) in [4.78, 5) is 0. The Balaban J connectivity index is 2.47. The highest BCUT2D eigenvalue weighted by Gasteiger charge is 2.10. The molecule has 4 nitrogen and oxygen atoms in total. The summed E-state index contributed by atoms with van der Waals surface area (Å²) >= 11 is 0. The zero-order valence-electron chi connectivity index (χ0n) is 12.9. The van der Waals surface area contributed by atoms with E-state index in [4.69, 9.17) is 14.2 Å². The van der Waals surface area contributed by atoms with Gasteiger partial charge in [-0.2, -0.15) is 0 Å². The summed E-state index contributed by atoms with van der Waals surface area (Å²) in [5, 5.41) is 3.44. The summed E-state index contributed by atoms with van der Waals surface area (Å²) in [6.07, 6.45) is 0.929. The second-order valence-electron chi connectivity index (χ2n) is 4.53. The second kappa shape index (κ2) is 10.7. The van der Waals surface area contributed by atoms with E-state index in [9.17, 15) is 0 Å². The SMILES string of the molecule is CCNC(COCCCOC)c1ccc(OCC)cc1. The Labute approximate surface area is 122 Å². The fraction of sp³-hybridized carbons (Fsp3) is 0.625. The van der Waals surface area contributed by atoms with Gasteiger partial charge in [0.2, 0.25) is 0 Å². The van der Waals surface area contributed by atoms with Gasteiger partial charge in [0.05, 0.1) is 19.3 Å². The predicted molar refractivity (Wildman–Crippen MR) is 81.3 cm³/mol. The lowest BCUT2D eigenvalue weighted by molar-refractivity contribution is 0.0878. The van der Waals surface area contributed by atoms with Gasteiger partial charge in [-0.15, -0.1) is 0 Å². The van der Waals surface area contributed by atoms with Gasteiger partial charge in [0.25, 0.3) is 0 Å². The number of benzene rings is 1. The number of ether oxygens (including phenoxy) is 3. The van der Waals surface area contributed by atoms with Crippen molar-refractivity contribution < 1.29 is 14.2 Å². The van der Waals surface area contributed by atoms with E-state index in [1.54, 1.807) is 7.11 Å². The summed E-state index contributed by atoms with van der Waals surface area (Å²) in [6, 6.07) is 8.42. The maximum Gasteiger partial charge on any atom is 0.119 e. The van der Waals surface area contributed by atoms with Crippen molar-refractivity contribution in [3.05, 3.63) is 29.8 Å². The topological polar surface area (TPSA) is 39.7 Å². The summed E-state index contributed by atoms with van der Waals surface area (Å²) in [5.41, 5.74) is 1.22. The van der Waals surface area contributed by atoms with Crippen LogP contribution in [0.5, 0.6) is 5.75 Å². The smallest absolute Gasteiger partial charge is 0.119 e. The van der Waals surface area contributed by atoms with Crippen LogP contribution >= 0.6 is 0 Å². The van der Waals surface area contributed by atoms with Gasteiger partial charge in [-0.05, 0) is 37.6 Å². The Bertz CT molecular complexity index is 340. The Morgan fingerprint density at radius 1 is 1.10 bits per heavy atom. The van der Waals surface area contributed by atoms with Gasteiger partial charge in [0.1, 0.15) is 5.75 Å². The Hall–Kier alpha value is -1.10. The molecule has 0 saturated heterocycles. The molecule has 0 heterocycles. The molecule has 20 heavy (non-hydrogen) atoms. The number of hydrogen-bond acceptors (Lipinski definition) is 4. The molecule has 1 aromatic rings. The van der Waals surface area contributed by atoms with Crippen molar-refractivity contribution in [2.45, 2.75) is 26.3 Å². The van der Waals surface area contributed by atoms with Crippen molar-refractivity contribution in [3.8, 4) is 5.75 Å². The van der Waals surface area contributed by atoms with E-state index < -0.39 is 0 Å². The molecule has 114 valence electrons. The van der Waals surface area contributed by atoms with Crippen molar-refractivity contribution in [1.82, 2.24) is 5.32 Å². The average Bonchev–Trinajstić information content (AvgIpc) is 2.47. The van der Waals surface area contributed by atoms with Gasteiger partial charge < -0.3 is 19.5 Å². The van der Waals surface area contributed by atoms with Gasteiger partial charge in [-0.1, -0.05) is 19.1 Å². The molecule has 1 aromatic carbocycles. The molecule has 0 amide bonds. The Kier molecular flexibility index (Phi) is 9.04. The third-order valence-corrected chi connectivity index (χ3v) is 2.97. The lowest BCUT2D eigenvalue weighted by Gasteiger charge is -2.19. The molecule has 1 rings (SSSR count). The number of rotatable bonds is 11. The van der Waals surface area contributed by atoms with E-state index >= 15 is 0 Å². The first-order chi connectivity index (χ1) is 9.81. The molecule has 0 fully saturated rings. The van der Waals surface area contributed by atoms with Crippen LogP contribution in [0.1, 0.15) is 31.9 Å². The molecule has 0 spiro atoms. The molecule has 0 aliphatic carbocycles. The van der Waals surface area contributed by atoms with Crippen molar-refractivity contribution in [2.24, 2.45) is 0 Å². The summed E-state index contributed by atoms with van der Waals surface area (Å²) in [7, 11) is 1.71. The summed E-state index contributed by atoms with van der Waals surface area (Å²) in [5.74, 6) is 0.910. The summed E-state index contributed by atoms with van der Waals surface area (Å²) in [6.45, 7) is 7.85. The van der Waals surface area contributed by atoms with E-state index in [0.717, 1.165) is 31.9 Å². The first-order valence-corrected chi connectivity index (χ1v) is 7.34. The first kappa shape index (κ1) is 17.0. The Morgan fingerprint density at radius 2 is 1.85 bits per heavy atom. The van der Waals surface area contributed by atoms with Crippen molar-refractivity contribution in [3.63, 3.8) is 0 Å². The van der Waals surface area contributed by atoms with Crippen LogP contribution in [0.15, 0.2) is 24.3 Å². The molecule has 4 heteroatoms. The number of nitrogens with one attached hydrogen (secondary N) is 1. The van der Waals surface area contributed by atoms with Crippen molar-refractivity contribution in [2.75, 3.05) is 40.1 Å². The highest BCUT2D eigenvalue weighted by Crippen LogP contribution is 2.18. The van der Waals surface area contributed by atoms with E-state index in [1.165, 1.54) is 5.56 Å². The monoisotopic (exact) mass is 281 g/mol. The molecule has 0 aliphatic rings. The largest absolute Gasteiger partial charge is 0.494 e. The van der Waals surface area contributed by atoms with Crippen LogP contribution in [0.3, 0.4) is 0 Å². The number of hydrogen-bond donors (Lipinski definition) is 1. The maximum absolute atomic E-state index is 5.71. The molecule has 0 aliphatic heterocycles. The predicted octanol–water partition coefficient (Wildman–Crippen LogP) is 2.79. The first-order valence-electron chi connectivity index (χ1n) is 7.34. The zero-order chi connectivity index (χ0) is 14.6. The minimum absolute atomic E-state index is 0.221. The average molecular weight is 281 g/mol. The normalized spacial score (nSPS) is 12.3. The molecule has 1 unspecified atom stereocenters. The fourth-order valence-electron chi connectivity index (χ4n) is 1.99. The quantitative estimate of drug-likeness (QED) is 0.633. The molecule has 0 radical (unpaired) electrons. The molecule has 0 aromatic heterocycles. The fourth-order valence-corrected chi connectivity index (χ4v) is 1.99. The zero-order valence-corrected chi connectivity index (χ0v) is 12.9. The molecule has 0 bridgehead atoms. The van der Waals surface area contributed by atoms with Gasteiger partial charge in [0, 0.05) is 20.3 Å². The van der Waals surface area contributed by atoms with Gasteiger partial charge in [-0.3, -0.25) is 0 Å². The third-order valence-electron chi connectivity index (χ3n) is 2.97. The van der Waals surface area contributed by atoms with Crippen LogP contribution in [-0.4, -0.2) is 40.1 Å². The van der Waals surface area contributed by atoms with E-state index in [1.807, 2.05) is 19.1 Å². The molecule has 1 atom stereocenters. The lowest BCUT2D eigenvalue weighted by atomic mass is 10.1. The standard InChI is InChI=1S/C16H27NO3/c1-4-17-16(13-19-12-6-11-18-3)14-7-9-15(10-8-14)20-5-2/h7-10,16-17H,4-6,11-13H2,1-3H3. The number of methoxy groups -OCH3 is 1. The van der Waals surface area contributed by atoms with Gasteiger partial charge >= 0.3 is 0 Å². The summed E-state index contributed by atoms with van der Waals surface area (Å²) < 4.78 is 16.2. The number of likely N-dealkylation sites (N-methyl/N-ethyl adjacent to an activating group) is 1. The highest BCUT2D eigenvalue weighted by atomic mass is 16.5. The minimum atomic E-state index is 0.221. The lowest BCUT2D eigenvalue weighted by Crippen LogP contribution is -2.25. The molecular weight excluding hydrogens is 254 g/mol. The third kappa shape index (κ3) is 6.37. The highest BCUT2D eigenvalue weighted by molar-refractivity contribution is 5.29.